The van der Waals surface area contributed by atoms with Crippen LogP contribution in [0.4, 0.5) is 0 Å². The van der Waals surface area contributed by atoms with Gasteiger partial charge in [0.2, 0.25) is 5.89 Å². The molecule has 6 nitrogen and oxygen atoms in total. The molecule has 0 radical (unpaired) electrons. The lowest BCUT2D eigenvalue weighted by Crippen LogP contribution is -2.19. The number of carbonyl (C=O) groups is 1. The number of carboxylic acids is 1. The van der Waals surface area contributed by atoms with Gasteiger partial charge < -0.3 is 14.4 Å². The highest BCUT2D eigenvalue weighted by molar-refractivity contribution is 5.67. The Hall–Kier alpha value is -1.43. The van der Waals surface area contributed by atoms with E-state index in [4.69, 9.17) is 14.4 Å². The first-order valence-corrected chi connectivity index (χ1v) is 6.04. The Balaban J connectivity index is 2.50. The molecule has 6 heteroatoms. The van der Waals surface area contributed by atoms with Crippen molar-refractivity contribution in [2.45, 2.75) is 40.0 Å². The SMILES string of the molecule is CCOCCc1noc(CC(C)(C)CC(=O)O)n1. The Bertz CT molecular complexity index is 387. The van der Waals surface area contributed by atoms with E-state index in [2.05, 4.69) is 10.1 Å². The lowest BCUT2D eigenvalue weighted by atomic mass is 9.86. The van der Waals surface area contributed by atoms with E-state index in [0.29, 0.717) is 37.8 Å². The first-order valence-electron chi connectivity index (χ1n) is 6.04. The number of rotatable bonds is 8. The van der Waals surface area contributed by atoms with E-state index >= 15 is 0 Å². The van der Waals surface area contributed by atoms with Gasteiger partial charge in [-0.15, -0.1) is 0 Å². The van der Waals surface area contributed by atoms with Crippen LogP contribution in [0.25, 0.3) is 0 Å². The van der Waals surface area contributed by atoms with Crippen molar-refractivity contribution < 1.29 is 19.2 Å². The molecule has 0 aliphatic heterocycles. The van der Waals surface area contributed by atoms with Crippen molar-refractivity contribution in [3.05, 3.63) is 11.7 Å². The van der Waals surface area contributed by atoms with E-state index in [9.17, 15) is 4.79 Å². The summed E-state index contributed by atoms with van der Waals surface area (Å²) in [6, 6.07) is 0. The number of ether oxygens (including phenoxy) is 1. The van der Waals surface area contributed by atoms with Crippen molar-refractivity contribution in [3.8, 4) is 0 Å². The second-order valence-electron chi connectivity index (χ2n) is 4.96. The summed E-state index contributed by atoms with van der Waals surface area (Å²) in [4.78, 5) is 14.9. The average Bonchev–Trinajstić information content (AvgIpc) is 2.63. The van der Waals surface area contributed by atoms with Gasteiger partial charge in [0.25, 0.3) is 0 Å². The number of aromatic nitrogens is 2. The predicted octanol–water partition coefficient (Wildman–Crippen LogP) is 1.69. The van der Waals surface area contributed by atoms with E-state index in [1.54, 1.807) is 0 Å². The topological polar surface area (TPSA) is 85.5 Å². The molecular weight excluding hydrogens is 236 g/mol. The van der Waals surface area contributed by atoms with Gasteiger partial charge in [-0.3, -0.25) is 4.79 Å². The molecular formula is C12H20N2O4. The van der Waals surface area contributed by atoms with Crippen molar-refractivity contribution in [1.82, 2.24) is 10.1 Å². The summed E-state index contributed by atoms with van der Waals surface area (Å²) in [5, 5.41) is 12.6. The summed E-state index contributed by atoms with van der Waals surface area (Å²) >= 11 is 0. The molecule has 1 aromatic heterocycles. The molecule has 1 heterocycles. The van der Waals surface area contributed by atoms with Crippen molar-refractivity contribution in [2.75, 3.05) is 13.2 Å². The van der Waals surface area contributed by atoms with Crippen molar-refractivity contribution in [3.63, 3.8) is 0 Å². The third-order valence-corrected chi connectivity index (χ3v) is 2.44. The van der Waals surface area contributed by atoms with Gasteiger partial charge in [-0.25, -0.2) is 0 Å². The van der Waals surface area contributed by atoms with Crippen LogP contribution in [-0.2, 0) is 22.4 Å². The minimum atomic E-state index is -0.823. The Kier molecular flexibility index (Phi) is 5.27. The highest BCUT2D eigenvalue weighted by atomic mass is 16.5. The molecule has 1 N–H and O–H groups in total. The van der Waals surface area contributed by atoms with Gasteiger partial charge in [-0.05, 0) is 12.3 Å². The summed E-state index contributed by atoms with van der Waals surface area (Å²) in [6.07, 6.45) is 1.14. The van der Waals surface area contributed by atoms with Gasteiger partial charge in [0.05, 0.1) is 13.0 Å². The molecule has 0 aliphatic carbocycles. The molecule has 0 amide bonds. The van der Waals surface area contributed by atoms with Crippen LogP contribution < -0.4 is 0 Å². The molecule has 0 fully saturated rings. The number of aliphatic carboxylic acids is 1. The van der Waals surface area contributed by atoms with Gasteiger partial charge in [0.1, 0.15) is 0 Å². The largest absolute Gasteiger partial charge is 0.481 e. The van der Waals surface area contributed by atoms with Gasteiger partial charge in [-0.1, -0.05) is 19.0 Å². The van der Waals surface area contributed by atoms with Crippen LogP contribution in [0.1, 0.15) is 38.9 Å². The molecule has 18 heavy (non-hydrogen) atoms. The zero-order valence-corrected chi connectivity index (χ0v) is 11.1. The molecule has 1 rings (SSSR count). The Morgan fingerprint density at radius 1 is 1.50 bits per heavy atom. The van der Waals surface area contributed by atoms with Crippen LogP contribution in [0.2, 0.25) is 0 Å². The Labute approximate surface area is 106 Å². The number of carboxylic acid groups (broad SMARTS) is 1. The van der Waals surface area contributed by atoms with Crippen molar-refractivity contribution in [1.29, 1.82) is 0 Å². The lowest BCUT2D eigenvalue weighted by Gasteiger charge is -2.19. The van der Waals surface area contributed by atoms with E-state index in [-0.39, 0.29) is 6.42 Å². The first kappa shape index (κ1) is 14.6. The van der Waals surface area contributed by atoms with Crippen LogP contribution in [0, 0.1) is 5.41 Å². The molecule has 0 saturated carbocycles. The number of hydrogen-bond donors (Lipinski definition) is 1. The maximum absolute atomic E-state index is 10.7. The number of nitrogens with zero attached hydrogens (tertiary/aromatic N) is 2. The molecule has 0 aromatic carbocycles. The third kappa shape index (κ3) is 5.27. The second-order valence-corrected chi connectivity index (χ2v) is 4.96. The maximum atomic E-state index is 10.7. The van der Waals surface area contributed by atoms with Gasteiger partial charge in [-0.2, -0.15) is 4.98 Å². The second kappa shape index (κ2) is 6.49. The molecule has 0 bridgehead atoms. The van der Waals surface area contributed by atoms with Crippen LogP contribution in [0.3, 0.4) is 0 Å². The zero-order chi connectivity index (χ0) is 13.6. The summed E-state index contributed by atoms with van der Waals surface area (Å²) in [5.74, 6) is 0.258. The van der Waals surface area contributed by atoms with Crippen molar-refractivity contribution >= 4 is 5.97 Å². The molecule has 0 aliphatic rings. The van der Waals surface area contributed by atoms with E-state index in [1.165, 1.54) is 0 Å². The standard InChI is InChI=1S/C12H20N2O4/c1-4-17-6-5-9-13-10(18-14-9)7-12(2,3)8-11(15)16/h4-8H2,1-3H3,(H,15,16). The minimum absolute atomic E-state index is 0.0731. The summed E-state index contributed by atoms with van der Waals surface area (Å²) < 4.78 is 10.3. The monoisotopic (exact) mass is 256 g/mol. The molecule has 0 saturated heterocycles. The van der Waals surface area contributed by atoms with E-state index < -0.39 is 11.4 Å². The minimum Gasteiger partial charge on any atom is -0.481 e. The fraction of sp³-hybridized carbons (Fsp3) is 0.750. The van der Waals surface area contributed by atoms with Gasteiger partial charge in [0.15, 0.2) is 5.82 Å². The van der Waals surface area contributed by atoms with Crippen LogP contribution in [0.5, 0.6) is 0 Å². The first-order chi connectivity index (χ1) is 8.43. The smallest absolute Gasteiger partial charge is 0.303 e. The maximum Gasteiger partial charge on any atom is 0.303 e. The van der Waals surface area contributed by atoms with E-state index in [0.717, 1.165) is 0 Å². The van der Waals surface area contributed by atoms with Crippen LogP contribution in [-0.4, -0.2) is 34.4 Å². The van der Waals surface area contributed by atoms with Gasteiger partial charge in [0, 0.05) is 19.4 Å². The summed E-state index contributed by atoms with van der Waals surface area (Å²) in [7, 11) is 0. The lowest BCUT2D eigenvalue weighted by molar-refractivity contribution is -0.139. The van der Waals surface area contributed by atoms with E-state index in [1.807, 2.05) is 20.8 Å². The molecule has 102 valence electrons. The normalized spacial score (nSPS) is 11.7. The fourth-order valence-corrected chi connectivity index (χ4v) is 1.65. The van der Waals surface area contributed by atoms with Crippen LogP contribution >= 0.6 is 0 Å². The molecule has 0 unspecified atom stereocenters. The average molecular weight is 256 g/mol. The van der Waals surface area contributed by atoms with Crippen molar-refractivity contribution in [2.24, 2.45) is 5.41 Å². The highest BCUT2D eigenvalue weighted by Crippen LogP contribution is 2.25. The predicted molar refractivity (Wildman–Crippen MR) is 64.2 cm³/mol. The third-order valence-electron chi connectivity index (χ3n) is 2.44. The Morgan fingerprint density at radius 2 is 2.22 bits per heavy atom. The quantitative estimate of drug-likeness (QED) is 0.712. The molecule has 0 spiro atoms. The molecule has 0 atom stereocenters. The number of hydrogen-bond acceptors (Lipinski definition) is 5. The highest BCUT2D eigenvalue weighted by Gasteiger charge is 2.25. The fourth-order valence-electron chi connectivity index (χ4n) is 1.65. The van der Waals surface area contributed by atoms with Gasteiger partial charge >= 0.3 is 5.97 Å². The Morgan fingerprint density at radius 3 is 2.83 bits per heavy atom. The summed E-state index contributed by atoms with van der Waals surface area (Å²) in [6.45, 7) is 6.89. The molecule has 1 aromatic rings. The van der Waals surface area contributed by atoms with Crippen LogP contribution in [0.15, 0.2) is 4.52 Å². The summed E-state index contributed by atoms with van der Waals surface area (Å²) in [5.41, 5.74) is -0.393. The zero-order valence-electron chi connectivity index (χ0n) is 11.1.